The maximum atomic E-state index is 13.3. The molecule has 0 aliphatic heterocycles. The number of nitrogens with two attached hydrogens (primary N) is 1. The van der Waals surface area contributed by atoms with Gasteiger partial charge in [0.1, 0.15) is 11.2 Å². The van der Waals surface area contributed by atoms with Gasteiger partial charge in [-0.3, -0.25) is 0 Å². The summed E-state index contributed by atoms with van der Waals surface area (Å²) in [5, 5.41) is 0. The van der Waals surface area contributed by atoms with E-state index in [0.29, 0.717) is 16.4 Å². The van der Waals surface area contributed by atoms with Crippen LogP contribution >= 0.6 is 10.8 Å². The van der Waals surface area contributed by atoms with Gasteiger partial charge >= 0.3 is 11.9 Å². The van der Waals surface area contributed by atoms with Gasteiger partial charge in [-0.25, -0.2) is 18.0 Å². The lowest BCUT2D eigenvalue weighted by atomic mass is 9.83. The molecule has 0 amide bonds. The van der Waals surface area contributed by atoms with Gasteiger partial charge in [0, 0.05) is 15.7 Å². The zero-order chi connectivity index (χ0) is 27.9. The van der Waals surface area contributed by atoms with Gasteiger partial charge < -0.3 is 15.2 Å². The molecule has 0 saturated carbocycles. The van der Waals surface area contributed by atoms with E-state index in [1.165, 1.54) is 18.2 Å². The lowest BCUT2D eigenvalue weighted by Crippen LogP contribution is -2.30. The van der Waals surface area contributed by atoms with Crippen LogP contribution in [0.3, 0.4) is 0 Å². The number of ether oxygens (including phenoxy) is 2. The molecule has 0 aliphatic carbocycles. The summed E-state index contributed by atoms with van der Waals surface area (Å²) < 4.78 is 37.8. The van der Waals surface area contributed by atoms with Crippen molar-refractivity contribution in [3.05, 3.63) is 52.6 Å². The van der Waals surface area contributed by atoms with Gasteiger partial charge in [0.25, 0.3) is 0 Å². The molecule has 0 fully saturated rings. The number of carbonyl (C=O) groups is 2. The number of hydrogen-bond donors (Lipinski definition) is 1. The molecule has 0 atom stereocenters. The van der Waals surface area contributed by atoms with Crippen LogP contribution in [0.15, 0.2) is 40.1 Å². The van der Waals surface area contributed by atoms with Crippen LogP contribution in [-0.4, -0.2) is 31.6 Å². The second kappa shape index (κ2) is 10.1. The Balaban J connectivity index is 2.85. The minimum Gasteiger partial charge on any atom is -0.456 e. The predicted molar refractivity (Wildman–Crippen MR) is 144 cm³/mol. The van der Waals surface area contributed by atoms with Crippen LogP contribution in [0.5, 0.6) is 0 Å². The summed E-state index contributed by atoms with van der Waals surface area (Å²) in [6.45, 7) is 17.6. The van der Waals surface area contributed by atoms with Crippen molar-refractivity contribution >= 4 is 37.3 Å². The molecular formula is C27H37NO6S2. The summed E-state index contributed by atoms with van der Waals surface area (Å²) in [7, 11) is -3.29. The molecule has 0 saturated heterocycles. The quantitative estimate of drug-likeness (QED) is 0.271. The van der Waals surface area contributed by atoms with Crippen LogP contribution in [0, 0.1) is 6.92 Å². The van der Waals surface area contributed by atoms with E-state index in [4.69, 9.17) is 15.2 Å². The second-order valence-electron chi connectivity index (χ2n) is 11.7. The number of carbonyl (C=O) groups excluding carboxylic acids is 2. The SMILES string of the molecule is Cc1ccc(S(=O)(=O)Sc2cc(C(=O)OC(C)(C)C)c(C(=O)OC(C)(C)C)c(N)c2C(C)(C)C)cc1. The van der Waals surface area contributed by atoms with E-state index in [1.54, 1.807) is 53.7 Å². The molecule has 198 valence electrons. The molecule has 2 rings (SSSR count). The Bertz CT molecular complexity index is 1260. The van der Waals surface area contributed by atoms with Crippen molar-refractivity contribution in [3.8, 4) is 0 Å². The average Bonchev–Trinajstić information content (AvgIpc) is 2.63. The second-order valence-corrected chi connectivity index (χ2v) is 15.5. The molecule has 2 N–H and O–H groups in total. The van der Waals surface area contributed by atoms with E-state index in [-0.39, 0.29) is 26.6 Å². The van der Waals surface area contributed by atoms with Crippen molar-refractivity contribution in [3.63, 3.8) is 0 Å². The topological polar surface area (TPSA) is 113 Å². The van der Waals surface area contributed by atoms with Gasteiger partial charge in [-0.2, -0.15) is 0 Å². The fraction of sp³-hybridized carbons (Fsp3) is 0.481. The molecular weight excluding hydrogens is 498 g/mol. The van der Waals surface area contributed by atoms with E-state index in [1.807, 2.05) is 27.7 Å². The molecule has 0 radical (unpaired) electrons. The summed E-state index contributed by atoms with van der Waals surface area (Å²) >= 11 is 0. The summed E-state index contributed by atoms with van der Waals surface area (Å²) in [6, 6.07) is 7.86. The third kappa shape index (κ3) is 7.49. The van der Waals surface area contributed by atoms with Crippen LogP contribution in [0.4, 0.5) is 5.69 Å². The molecule has 9 heteroatoms. The number of esters is 2. The molecule has 0 aromatic heterocycles. The van der Waals surface area contributed by atoms with Gasteiger partial charge in [-0.1, -0.05) is 38.5 Å². The Kier molecular flexibility index (Phi) is 8.33. The van der Waals surface area contributed by atoms with Crippen LogP contribution in [0.25, 0.3) is 0 Å². The highest BCUT2D eigenvalue weighted by Crippen LogP contribution is 2.44. The molecule has 36 heavy (non-hydrogen) atoms. The maximum absolute atomic E-state index is 13.3. The molecule has 7 nitrogen and oxygen atoms in total. The number of hydrogen-bond acceptors (Lipinski definition) is 8. The smallest absolute Gasteiger partial charge is 0.341 e. The molecule has 2 aromatic carbocycles. The van der Waals surface area contributed by atoms with E-state index < -0.39 is 37.4 Å². The van der Waals surface area contributed by atoms with Gasteiger partial charge in [0.15, 0.2) is 0 Å². The highest BCUT2D eigenvalue weighted by Gasteiger charge is 2.35. The first-order chi connectivity index (χ1) is 16.1. The lowest BCUT2D eigenvalue weighted by Gasteiger charge is -2.29. The molecule has 0 unspecified atom stereocenters. The minimum atomic E-state index is -3.88. The number of rotatable bonds is 5. The van der Waals surface area contributed by atoms with Gasteiger partial charge in [-0.15, -0.1) is 0 Å². The normalized spacial score (nSPS) is 12.8. The average molecular weight is 536 g/mol. The molecule has 0 heterocycles. The Morgan fingerprint density at radius 2 is 1.31 bits per heavy atom. The fourth-order valence-corrected chi connectivity index (χ4v) is 6.62. The maximum Gasteiger partial charge on any atom is 0.341 e. The molecule has 0 bridgehead atoms. The zero-order valence-electron chi connectivity index (χ0n) is 22.7. The van der Waals surface area contributed by atoms with Crippen molar-refractivity contribution in [2.24, 2.45) is 0 Å². The van der Waals surface area contributed by atoms with Crippen LogP contribution in [0.1, 0.15) is 94.2 Å². The van der Waals surface area contributed by atoms with Crippen molar-refractivity contribution in [1.29, 1.82) is 0 Å². The van der Waals surface area contributed by atoms with Crippen LogP contribution in [-0.2, 0) is 23.8 Å². The van der Waals surface area contributed by atoms with Gasteiger partial charge in [-0.05, 0) is 77.6 Å². The van der Waals surface area contributed by atoms with Crippen molar-refractivity contribution in [2.75, 3.05) is 5.73 Å². The van der Waals surface area contributed by atoms with E-state index >= 15 is 0 Å². The van der Waals surface area contributed by atoms with Gasteiger partial charge in [0.2, 0.25) is 8.87 Å². The Morgan fingerprint density at radius 1 is 0.833 bits per heavy atom. The fourth-order valence-electron chi connectivity index (χ4n) is 3.43. The first-order valence-corrected chi connectivity index (χ1v) is 14.4. The summed E-state index contributed by atoms with van der Waals surface area (Å²) in [5.74, 6) is -1.59. The minimum absolute atomic E-state index is 0.0123. The first-order valence-electron chi connectivity index (χ1n) is 11.6. The van der Waals surface area contributed by atoms with Crippen molar-refractivity contribution in [1.82, 2.24) is 0 Å². The molecule has 2 aromatic rings. The highest BCUT2D eigenvalue weighted by molar-refractivity contribution is 8.72. The Hall–Kier alpha value is -2.52. The summed E-state index contributed by atoms with van der Waals surface area (Å²) in [6.07, 6.45) is 0. The van der Waals surface area contributed by atoms with Crippen LogP contribution in [0.2, 0.25) is 0 Å². The largest absolute Gasteiger partial charge is 0.456 e. The summed E-state index contributed by atoms with van der Waals surface area (Å²) in [5.41, 5.74) is 5.23. The van der Waals surface area contributed by atoms with E-state index in [0.717, 1.165) is 5.56 Å². The molecule has 0 spiro atoms. The third-order valence-electron chi connectivity index (χ3n) is 4.81. The zero-order valence-corrected chi connectivity index (χ0v) is 24.4. The standard InChI is InChI=1S/C27H37NO6S2/c1-16-11-13-17(14-12-16)36(31,32)35-19-15-18(23(29)33-26(5,6)7)20(24(30)34-27(8,9)10)22(28)21(19)25(2,3)4/h11-15H,28H2,1-10H3. The Labute approximate surface area is 218 Å². The highest BCUT2D eigenvalue weighted by atomic mass is 33.1. The van der Waals surface area contributed by atoms with Gasteiger partial charge in [0.05, 0.1) is 21.7 Å². The first kappa shape index (κ1) is 29.7. The van der Waals surface area contributed by atoms with Crippen molar-refractivity contribution < 1.29 is 27.5 Å². The number of benzene rings is 2. The lowest BCUT2D eigenvalue weighted by molar-refractivity contribution is 0.00191. The van der Waals surface area contributed by atoms with Crippen LogP contribution < -0.4 is 5.73 Å². The Morgan fingerprint density at radius 3 is 1.75 bits per heavy atom. The number of anilines is 1. The predicted octanol–water partition coefficient (Wildman–Crippen LogP) is 6.27. The number of nitrogen functional groups attached to an aromatic ring is 1. The third-order valence-corrected chi connectivity index (χ3v) is 8.16. The monoisotopic (exact) mass is 535 g/mol. The van der Waals surface area contributed by atoms with Crippen molar-refractivity contribution in [2.45, 2.75) is 95.6 Å². The molecule has 0 aliphatic rings. The van der Waals surface area contributed by atoms with E-state index in [2.05, 4.69) is 0 Å². The summed E-state index contributed by atoms with van der Waals surface area (Å²) in [4.78, 5) is 26.9. The van der Waals surface area contributed by atoms with E-state index in [9.17, 15) is 18.0 Å². The number of aryl methyl sites for hydroxylation is 1.